The summed E-state index contributed by atoms with van der Waals surface area (Å²) >= 11 is 0. The quantitative estimate of drug-likeness (QED) is 0.120. The van der Waals surface area contributed by atoms with E-state index in [4.69, 9.17) is 24.6 Å². The van der Waals surface area contributed by atoms with Crippen LogP contribution in [0.3, 0.4) is 0 Å². The normalized spacial score (nSPS) is 13.9. The number of piperidine rings is 2. The molecular formula is C52H59FN14O6. The molecule has 2 fully saturated rings. The molecule has 0 atom stereocenters. The van der Waals surface area contributed by atoms with Crippen LogP contribution in [0, 0.1) is 28.5 Å². The van der Waals surface area contributed by atoms with Crippen molar-refractivity contribution in [2.75, 3.05) is 93.3 Å². The molecule has 0 aliphatic carbocycles. The zero-order chi connectivity index (χ0) is 52.6. The summed E-state index contributed by atoms with van der Waals surface area (Å²) in [6.07, 6.45) is 6.65. The largest absolute Gasteiger partial charge is 0.489 e. The van der Waals surface area contributed by atoms with E-state index in [9.17, 15) is 19.2 Å². The lowest BCUT2D eigenvalue weighted by Gasteiger charge is -2.29. The van der Waals surface area contributed by atoms with E-state index in [0.29, 0.717) is 62.7 Å². The number of aromatic nitrogens is 6. The van der Waals surface area contributed by atoms with Gasteiger partial charge in [-0.15, -0.1) is 0 Å². The van der Waals surface area contributed by atoms with Gasteiger partial charge in [0.25, 0.3) is 11.8 Å². The van der Waals surface area contributed by atoms with Gasteiger partial charge in [0.1, 0.15) is 76.9 Å². The Labute approximate surface area is 424 Å². The SMILES string of the molecule is CN1CCC(O)CC1.COc1nc(Nc2cc(-c3ccc(F)c(C#N)c3)ncn2)ccc1C(=O)N(C)C.COc1nc(Nc2cc(-c3ccc(OC4CCN(C)CC4)c(C#N)c3)ncn2)ccc1C(=O)N(C)C. The number of benzene rings is 2. The molecule has 0 radical (unpaired) electrons. The minimum Gasteiger partial charge on any atom is -0.489 e. The van der Waals surface area contributed by atoms with E-state index in [0.717, 1.165) is 57.4 Å². The van der Waals surface area contributed by atoms with Crippen molar-refractivity contribution in [1.82, 2.24) is 49.5 Å². The van der Waals surface area contributed by atoms with Crippen LogP contribution in [0.1, 0.15) is 57.5 Å². The van der Waals surface area contributed by atoms with Crippen LogP contribution in [-0.4, -0.2) is 161 Å². The van der Waals surface area contributed by atoms with Crippen molar-refractivity contribution in [3.63, 3.8) is 0 Å². The van der Waals surface area contributed by atoms with E-state index in [1.807, 2.05) is 12.1 Å². The van der Waals surface area contributed by atoms with Crippen molar-refractivity contribution in [3.05, 3.63) is 114 Å². The maximum absolute atomic E-state index is 13.5. The van der Waals surface area contributed by atoms with E-state index in [-0.39, 0.29) is 41.3 Å². The van der Waals surface area contributed by atoms with Crippen molar-refractivity contribution in [1.29, 1.82) is 10.5 Å². The van der Waals surface area contributed by atoms with Gasteiger partial charge >= 0.3 is 0 Å². The van der Waals surface area contributed by atoms with Gasteiger partial charge in [-0.05, 0) is 100 Å². The first kappa shape index (κ1) is 54.0. The summed E-state index contributed by atoms with van der Waals surface area (Å²) in [5.74, 6) is 1.78. The molecule has 21 heteroatoms. The number of anilines is 4. The van der Waals surface area contributed by atoms with E-state index in [1.165, 1.54) is 54.9 Å². The van der Waals surface area contributed by atoms with Crippen molar-refractivity contribution in [2.24, 2.45) is 0 Å². The van der Waals surface area contributed by atoms with Gasteiger partial charge < -0.3 is 49.6 Å². The number of aliphatic hydroxyl groups is 1. The third-order valence-electron chi connectivity index (χ3n) is 11.7. The number of hydrogen-bond acceptors (Lipinski definition) is 18. The fourth-order valence-electron chi connectivity index (χ4n) is 7.50. The third kappa shape index (κ3) is 14.8. The first-order valence-electron chi connectivity index (χ1n) is 23.3. The predicted molar refractivity (Wildman–Crippen MR) is 272 cm³/mol. The number of nitrogens with zero attached hydrogens (tertiary/aromatic N) is 12. The Bertz CT molecular complexity index is 2940. The number of rotatable bonds is 12. The average molecular weight is 995 g/mol. The molecule has 0 spiro atoms. The number of halogens is 1. The lowest BCUT2D eigenvalue weighted by molar-refractivity contribution is 0.0816. The second-order valence-corrected chi connectivity index (χ2v) is 17.5. The molecular weight excluding hydrogens is 936 g/mol. The number of aliphatic hydroxyl groups excluding tert-OH is 1. The van der Waals surface area contributed by atoms with Crippen molar-refractivity contribution in [3.8, 4) is 52.2 Å². The molecule has 2 amide bonds. The van der Waals surface area contributed by atoms with E-state index in [1.54, 1.807) is 76.7 Å². The molecule has 2 aliphatic rings. The highest BCUT2D eigenvalue weighted by atomic mass is 19.1. The molecule has 2 saturated heterocycles. The van der Waals surface area contributed by atoms with Gasteiger partial charge in [-0.25, -0.2) is 24.3 Å². The van der Waals surface area contributed by atoms with Crippen LogP contribution in [0.2, 0.25) is 0 Å². The van der Waals surface area contributed by atoms with Crippen molar-refractivity contribution >= 4 is 35.1 Å². The summed E-state index contributed by atoms with van der Waals surface area (Å²) < 4.78 is 30.2. The van der Waals surface area contributed by atoms with E-state index >= 15 is 0 Å². The van der Waals surface area contributed by atoms with Gasteiger partial charge in [0.15, 0.2) is 0 Å². The summed E-state index contributed by atoms with van der Waals surface area (Å²) in [6, 6.07) is 23.7. The van der Waals surface area contributed by atoms with Gasteiger partial charge in [-0.1, -0.05) is 0 Å². The van der Waals surface area contributed by atoms with Crippen molar-refractivity contribution in [2.45, 2.75) is 37.9 Å². The Morgan fingerprint density at radius 2 is 1.10 bits per heavy atom. The second kappa shape index (κ2) is 25.7. The van der Waals surface area contributed by atoms with Gasteiger partial charge in [-0.3, -0.25) is 9.59 Å². The minimum atomic E-state index is -0.590. The number of nitriles is 2. The zero-order valence-corrected chi connectivity index (χ0v) is 42.1. The summed E-state index contributed by atoms with van der Waals surface area (Å²) in [4.78, 5) is 57.6. The predicted octanol–water partition coefficient (Wildman–Crippen LogP) is 6.41. The number of likely N-dealkylation sites (tertiary alicyclic amines) is 2. The molecule has 6 aromatic rings. The molecule has 2 aliphatic heterocycles. The molecule has 0 bridgehead atoms. The van der Waals surface area contributed by atoms with Gasteiger partial charge in [-0.2, -0.15) is 20.5 Å². The van der Waals surface area contributed by atoms with Crippen LogP contribution >= 0.6 is 0 Å². The van der Waals surface area contributed by atoms with Gasteiger partial charge in [0, 0.05) is 77.6 Å². The number of carbonyl (C=O) groups excluding carboxylic acids is 2. The first-order valence-corrected chi connectivity index (χ1v) is 23.3. The van der Waals surface area contributed by atoms with Gasteiger partial charge in [0.05, 0.1) is 42.8 Å². The summed E-state index contributed by atoms with van der Waals surface area (Å²) in [6.45, 7) is 4.08. The molecule has 20 nitrogen and oxygen atoms in total. The molecule has 6 heterocycles. The van der Waals surface area contributed by atoms with E-state index in [2.05, 4.69) is 70.5 Å². The Morgan fingerprint density at radius 3 is 1.53 bits per heavy atom. The summed E-state index contributed by atoms with van der Waals surface area (Å²) in [5.41, 5.74) is 3.59. The van der Waals surface area contributed by atoms with Crippen LogP contribution in [0.4, 0.5) is 27.7 Å². The maximum atomic E-state index is 13.5. The first-order chi connectivity index (χ1) is 35.1. The maximum Gasteiger partial charge on any atom is 0.258 e. The molecule has 73 heavy (non-hydrogen) atoms. The van der Waals surface area contributed by atoms with Gasteiger partial charge in [0.2, 0.25) is 11.8 Å². The highest BCUT2D eigenvalue weighted by molar-refractivity contribution is 5.97. The van der Waals surface area contributed by atoms with Crippen LogP contribution in [0.15, 0.2) is 85.5 Å². The fraction of sp³-hybridized carbons (Fsp3) is 0.346. The van der Waals surface area contributed by atoms with Crippen LogP contribution < -0.4 is 24.8 Å². The molecule has 8 rings (SSSR count). The minimum absolute atomic E-state index is 0.0220. The number of hydrogen-bond donors (Lipinski definition) is 3. The smallest absolute Gasteiger partial charge is 0.258 e. The molecule has 2 aromatic carbocycles. The summed E-state index contributed by atoms with van der Waals surface area (Å²) in [7, 11) is 13.7. The Balaban J connectivity index is 0.000000210. The van der Waals surface area contributed by atoms with Crippen LogP contribution in [0.25, 0.3) is 22.5 Å². The standard InChI is InChI=1S/C26H29N7O3.C20H17FN6O2.C6H13NO/c1-32(2)26(34)20-6-8-23(31-25(20)35-4)30-24-14-21(28-16-29-24)17-5-7-22(18(13-17)15-27)36-19-9-11-33(3)12-10-19;1-27(2)20(28)14-5-7-17(26-19(14)29-3)25-18-9-16(23-11-24-18)12-4-6-15(21)13(8-12)10-22;1-7-4-2-6(8)3-5-7/h5-8,13-14,16,19H,9-12H2,1-4H3,(H,28,29,30,31);4-9,11H,1-3H3,(H,23,24,25,26);6,8H,2-5H2,1H3. The molecule has 0 unspecified atom stereocenters. The lowest BCUT2D eigenvalue weighted by Crippen LogP contribution is -2.35. The molecule has 380 valence electrons. The second-order valence-electron chi connectivity index (χ2n) is 17.5. The highest BCUT2D eigenvalue weighted by Gasteiger charge is 2.21. The molecule has 0 saturated carbocycles. The number of pyridine rings is 2. The Kier molecular flexibility index (Phi) is 19.0. The number of amides is 2. The topological polar surface area (TPSA) is 244 Å². The number of carbonyl (C=O) groups is 2. The zero-order valence-electron chi connectivity index (χ0n) is 42.1. The molecule has 4 aromatic heterocycles. The Morgan fingerprint density at radius 1 is 0.644 bits per heavy atom. The van der Waals surface area contributed by atoms with Crippen LogP contribution in [0.5, 0.6) is 17.5 Å². The number of methoxy groups -OCH3 is 2. The lowest BCUT2D eigenvalue weighted by atomic mass is 10.1. The fourth-order valence-corrected chi connectivity index (χ4v) is 7.50. The number of nitrogens with one attached hydrogen (secondary N) is 2. The van der Waals surface area contributed by atoms with Crippen molar-refractivity contribution < 1.29 is 33.3 Å². The highest BCUT2D eigenvalue weighted by Crippen LogP contribution is 2.30. The van der Waals surface area contributed by atoms with E-state index < -0.39 is 5.82 Å². The monoisotopic (exact) mass is 994 g/mol. The Hall–Kier alpha value is -8.37. The molecule has 3 N–H and O–H groups in total. The average Bonchev–Trinajstić information content (AvgIpc) is 3.40. The number of ether oxygens (including phenoxy) is 3. The summed E-state index contributed by atoms with van der Waals surface area (Å²) in [5, 5.41) is 33.9. The van der Waals surface area contributed by atoms with Crippen LogP contribution in [-0.2, 0) is 0 Å². The third-order valence-corrected chi connectivity index (χ3v) is 11.7.